The van der Waals surface area contributed by atoms with Gasteiger partial charge in [-0.15, -0.1) is 0 Å². The standard InChI is InChI=1S/C15H9Cl2NO4/c16-8-3-4-10(11(17)6-8)12-13(19)15(21)18(14(12)20)7-9-2-1-5-22-9/h1-6,19H,7H2. The Labute approximate surface area is 135 Å². The summed E-state index contributed by atoms with van der Waals surface area (Å²) in [6, 6.07) is 7.72. The molecule has 1 aromatic heterocycles. The molecule has 0 unspecified atom stereocenters. The number of halogens is 2. The van der Waals surface area contributed by atoms with Gasteiger partial charge in [0.05, 0.1) is 23.4 Å². The summed E-state index contributed by atoms with van der Waals surface area (Å²) in [6.45, 7) is -0.0660. The molecule has 0 radical (unpaired) electrons. The van der Waals surface area contributed by atoms with E-state index in [9.17, 15) is 14.7 Å². The molecule has 2 heterocycles. The van der Waals surface area contributed by atoms with Crippen molar-refractivity contribution in [3.05, 3.63) is 63.7 Å². The predicted octanol–water partition coefficient (Wildman–Crippen LogP) is 3.42. The van der Waals surface area contributed by atoms with Crippen LogP contribution in [0.1, 0.15) is 11.3 Å². The van der Waals surface area contributed by atoms with Crippen LogP contribution in [0.2, 0.25) is 10.0 Å². The second-order valence-electron chi connectivity index (χ2n) is 4.62. The van der Waals surface area contributed by atoms with Gasteiger partial charge in [0, 0.05) is 10.6 Å². The van der Waals surface area contributed by atoms with E-state index in [4.69, 9.17) is 27.6 Å². The summed E-state index contributed by atoms with van der Waals surface area (Å²) in [5.74, 6) is -1.63. The summed E-state index contributed by atoms with van der Waals surface area (Å²) in [7, 11) is 0. The first-order valence-electron chi connectivity index (χ1n) is 6.26. The number of imide groups is 1. The highest BCUT2D eigenvalue weighted by Gasteiger charge is 2.40. The lowest BCUT2D eigenvalue weighted by Gasteiger charge is -2.12. The fourth-order valence-electron chi connectivity index (χ4n) is 2.20. The van der Waals surface area contributed by atoms with Gasteiger partial charge in [-0.2, -0.15) is 0 Å². The van der Waals surface area contributed by atoms with Crippen molar-refractivity contribution < 1.29 is 19.1 Å². The zero-order valence-corrected chi connectivity index (χ0v) is 12.6. The number of hydrogen-bond acceptors (Lipinski definition) is 4. The highest BCUT2D eigenvalue weighted by Crippen LogP contribution is 2.34. The number of carbonyl (C=O) groups excluding carboxylic acids is 2. The molecule has 0 fully saturated rings. The van der Waals surface area contributed by atoms with Crippen molar-refractivity contribution in [2.75, 3.05) is 0 Å². The molecular formula is C15H9Cl2NO4. The molecule has 7 heteroatoms. The lowest BCUT2D eigenvalue weighted by atomic mass is 10.1. The zero-order chi connectivity index (χ0) is 15.9. The van der Waals surface area contributed by atoms with E-state index < -0.39 is 17.6 Å². The number of nitrogens with zero attached hydrogens (tertiary/aromatic N) is 1. The number of furan rings is 1. The van der Waals surface area contributed by atoms with E-state index in [-0.39, 0.29) is 22.7 Å². The summed E-state index contributed by atoms with van der Waals surface area (Å²) in [5, 5.41) is 10.6. The van der Waals surface area contributed by atoms with E-state index in [1.807, 2.05) is 0 Å². The second-order valence-corrected chi connectivity index (χ2v) is 5.47. The number of benzene rings is 1. The normalized spacial score (nSPS) is 15.1. The number of aliphatic hydroxyl groups is 1. The van der Waals surface area contributed by atoms with Crippen LogP contribution in [-0.4, -0.2) is 21.8 Å². The molecule has 1 aromatic carbocycles. The number of hydrogen-bond donors (Lipinski definition) is 1. The molecule has 0 saturated heterocycles. The average molecular weight is 338 g/mol. The first-order chi connectivity index (χ1) is 10.5. The van der Waals surface area contributed by atoms with Crippen LogP contribution < -0.4 is 0 Å². The summed E-state index contributed by atoms with van der Waals surface area (Å²) in [4.78, 5) is 25.4. The van der Waals surface area contributed by atoms with Gasteiger partial charge in [0.25, 0.3) is 11.8 Å². The molecule has 3 rings (SSSR count). The predicted molar refractivity (Wildman–Crippen MR) is 80.3 cm³/mol. The smallest absolute Gasteiger partial charge is 0.296 e. The third-order valence-corrected chi connectivity index (χ3v) is 3.79. The van der Waals surface area contributed by atoms with Gasteiger partial charge in [0.1, 0.15) is 5.76 Å². The Kier molecular flexibility index (Phi) is 3.68. The van der Waals surface area contributed by atoms with Gasteiger partial charge in [-0.1, -0.05) is 29.3 Å². The fraction of sp³-hybridized carbons (Fsp3) is 0.0667. The topological polar surface area (TPSA) is 70.8 Å². The van der Waals surface area contributed by atoms with E-state index in [0.29, 0.717) is 10.8 Å². The zero-order valence-electron chi connectivity index (χ0n) is 11.0. The minimum absolute atomic E-state index is 0.0660. The van der Waals surface area contributed by atoms with Gasteiger partial charge in [-0.25, -0.2) is 0 Å². The van der Waals surface area contributed by atoms with Gasteiger partial charge in [-0.3, -0.25) is 14.5 Å². The largest absolute Gasteiger partial charge is 0.502 e. The van der Waals surface area contributed by atoms with E-state index >= 15 is 0 Å². The fourth-order valence-corrected chi connectivity index (χ4v) is 2.70. The van der Waals surface area contributed by atoms with Crippen LogP contribution in [0.4, 0.5) is 0 Å². The molecule has 5 nitrogen and oxygen atoms in total. The molecule has 22 heavy (non-hydrogen) atoms. The van der Waals surface area contributed by atoms with Gasteiger partial charge < -0.3 is 9.52 Å². The Bertz CT molecular complexity index is 796. The Morgan fingerprint density at radius 3 is 2.55 bits per heavy atom. The van der Waals surface area contributed by atoms with Crippen molar-refractivity contribution >= 4 is 40.6 Å². The molecule has 0 bridgehead atoms. The molecule has 1 aliphatic heterocycles. The lowest BCUT2D eigenvalue weighted by Crippen LogP contribution is -2.31. The van der Waals surface area contributed by atoms with Crippen molar-refractivity contribution in [3.63, 3.8) is 0 Å². The average Bonchev–Trinajstić information content (AvgIpc) is 3.05. The number of amides is 2. The van der Waals surface area contributed by atoms with Crippen molar-refractivity contribution in [3.8, 4) is 0 Å². The summed E-state index contributed by atoms with van der Waals surface area (Å²) in [5.41, 5.74) is 0.113. The first-order valence-corrected chi connectivity index (χ1v) is 7.02. The van der Waals surface area contributed by atoms with Crippen LogP contribution in [0.5, 0.6) is 0 Å². The maximum Gasteiger partial charge on any atom is 0.296 e. The molecule has 1 N–H and O–H groups in total. The van der Waals surface area contributed by atoms with Crippen molar-refractivity contribution in [1.29, 1.82) is 0 Å². The molecule has 1 aliphatic rings. The van der Waals surface area contributed by atoms with Gasteiger partial charge in [-0.05, 0) is 24.3 Å². The quantitative estimate of drug-likeness (QED) is 0.871. The van der Waals surface area contributed by atoms with Crippen LogP contribution in [0.25, 0.3) is 5.57 Å². The SMILES string of the molecule is O=C1C(O)=C(c2ccc(Cl)cc2Cl)C(=O)N1Cc1ccco1. The Balaban J connectivity index is 1.98. The van der Waals surface area contributed by atoms with Crippen molar-refractivity contribution in [2.24, 2.45) is 0 Å². The van der Waals surface area contributed by atoms with Crippen molar-refractivity contribution in [2.45, 2.75) is 6.54 Å². The van der Waals surface area contributed by atoms with Gasteiger partial charge in [0.2, 0.25) is 0 Å². The Morgan fingerprint density at radius 2 is 1.91 bits per heavy atom. The number of aliphatic hydroxyl groups excluding tert-OH is 1. The molecule has 2 aromatic rings. The molecular weight excluding hydrogens is 329 g/mol. The van der Waals surface area contributed by atoms with Crippen LogP contribution in [0, 0.1) is 0 Å². The van der Waals surface area contributed by atoms with E-state index in [2.05, 4.69) is 0 Å². The van der Waals surface area contributed by atoms with E-state index in [1.165, 1.54) is 24.5 Å². The van der Waals surface area contributed by atoms with Gasteiger partial charge in [0.15, 0.2) is 5.76 Å². The highest BCUT2D eigenvalue weighted by atomic mass is 35.5. The molecule has 0 saturated carbocycles. The van der Waals surface area contributed by atoms with Crippen LogP contribution in [0.3, 0.4) is 0 Å². The van der Waals surface area contributed by atoms with Crippen LogP contribution >= 0.6 is 23.2 Å². The van der Waals surface area contributed by atoms with Crippen LogP contribution in [-0.2, 0) is 16.1 Å². The molecule has 2 amide bonds. The van der Waals surface area contributed by atoms with Crippen molar-refractivity contribution in [1.82, 2.24) is 4.90 Å². The monoisotopic (exact) mass is 337 g/mol. The Morgan fingerprint density at radius 1 is 1.14 bits per heavy atom. The second kappa shape index (κ2) is 5.51. The van der Waals surface area contributed by atoms with Gasteiger partial charge >= 0.3 is 0 Å². The molecule has 0 spiro atoms. The van der Waals surface area contributed by atoms with E-state index in [1.54, 1.807) is 12.1 Å². The first kappa shape index (κ1) is 14.7. The minimum atomic E-state index is -0.789. The maximum absolute atomic E-state index is 12.4. The minimum Gasteiger partial charge on any atom is -0.502 e. The number of rotatable bonds is 3. The van der Waals surface area contributed by atoms with E-state index in [0.717, 1.165) is 4.90 Å². The highest BCUT2D eigenvalue weighted by molar-refractivity contribution is 6.40. The maximum atomic E-state index is 12.4. The third kappa shape index (κ3) is 2.38. The molecule has 0 atom stereocenters. The molecule has 112 valence electrons. The number of carbonyl (C=O) groups is 2. The summed E-state index contributed by atoms with van der Waals surface area (Å²) < 4.78 is 5.12. The lowest BCUT2D eigenvalue weighted by molar-refractivity contribution is -0.139. The van der Waals surface area contributed by atoms with Crippen LogP contribution in [0.15, 0.2) is 46.8 Å². The summed E-state index contributed by atoms with van der Waals surface area (Å²) >= 11 is 11.9. The summed E-state index contributed by atoms with van der Waals surface area (Å²) in [6.07, 6.45) is 1.44. The Hall–Kier alpha value is -2.24. The third-order valence-electron chi connectivity index (χ3n) is 3.24. The molecule has 0 aliphatic carbocycles.